The van der Waals surface area contributed by atoms with E-state index < -0.39 is 20.6 Å². The van der Waals surface area contributed by atoms with E-state index in [0.29, 0.717) is 12.1 Å². The van der Waals surface area contributed by atoms with Crippen molar-refractivity contribution >= 4 is 39.7 Å². The van der Waals surface area contributed by atoms with Crippen molar-refractivity contribution in [3.63, 3.8) is 0 Å². The Morgan fingerprint density at radius 1 is 1.43 bits per heavy atom. The first-order valence-corrected chi connectivity index (χ1v) is 8.50. The molecule has 1 aromatic rings. The molecule has 0 bridgehead atoms. The molecule has 0 aromatic heterocycles. The van der Waals surface area contributed by atoms with E-state index in [1.165, 1.54) is 12.1 Å². The van der Waals surface area contributed by atoms with Crippen molar-refractivity contribution in [3.8, 4) is 0 Å². The molecule has 1 aromatic carbocycles. The first-order valence-electron chi connectivity index (χ1n) is 6.64. The SMILES string of the molecule is Cc1cc([N+](=O)[O-])c(Cl)c(S(=O)(=O)NCC2=CCNCC2)c1.Cl. The highest BCUT2D eigenvalue weighted by Crippen LogP contribution is 2.32. The van der Waals surface area contributed by atoms with Crippen molar-refractivity contribution in [1.29, 1.82) is 0 Å². The molecule has 1 aliphatic heterocycles. The molecule has 10 heteroatoms. The van der Waals surface area contributed by atoms with Gasteiger partial charge in [0.05, 0.1) is 4.92 Å². The largest absolute Gasteiger partial charge is 0.313 e. The van der Waals surface area contributed by atoms with Gasteiger partial charge in [-0.3, -0.25) is 10.1 Å². The summed E-state index contributed by atoms with van der Waals surface area (Å²) in [5, 5.41) is 13.7. The third kappa shape index (κ3) is 4.89. The van der Waals surface area contributed by atoms with E-state index in [4.69, 9.17) is 11.6 Å². The summed E-state index contributed by atoms with van der Waals surface area (Å²) in [4.78, 5) is 9.99. The second kappa shape index (κ2) is 8.07. The Balaban J connectivity index is 0.00000264. The molecule has 23 heavy (non-hydrogen) atoms. The lowest BCUT2D eigenvalue weighted by Crippen LogP contribution is -2.30. The van der Waals surface area contributed by atoms with Crippen LogP contribution in [0, 0.1) is 17.0 Å². The molecule has 0 fully saturated rings. The van der Waals surface area contributed by atoms with E-state index in [9.17, 15) is 18.5 Å². The number of nitro groups is 1. The lowest BCUT2D eigenvalue weighted by Gasteiger charge is -2.15. The Labute approximate surface area is 145 Å². The molecule has 0 unspecified atom stereocenters. The molecular formula is C13H17Cl2N3O4S. The molecule has 1 aliphatic rings. The topological polar surface area (TPSA) is 101 Å². The van der Waals surface area contributed by atoms with Crippen LogP contribution in [-0.4, -0.2) is 33.0 Å². The van der Waals surface area contributed by atoms with E-state index >= 15 is 0 Å². The lowest BCUT2D eigenvalue weighted by molar-refractivity contribution is -0.385. The van der Waals surface area contributed by atoms with Gasteiger partial charge in [-0.05, 0) is 31.5 Å². The number of nitrogens with one attached hydrogen (secondary N) is 2. The number of nitrogens with zero attached hydrogens (tertiary/aromatic N) is 1. The van der Waals surface area contributed by atoms with Gasteiger partial charge in [-0.1, -0.05) is 23.3 Å². The maximum atomic E-state index is 12.4. The van der Waals surface area contributed by atoms with Gasteiger partial charge in [0, 0.05) is 19.2 Å². The second-order valence-corrected chi connectivity index (χ2v) is 7.11. The maximum Gasteiger partial charge on any atom is 0.289 e. The number of rotatable bonds is 5. The van der Waals surface area contributed by atoms with Gasteiger partial charge >= 0.3 is 0 Å². The van der Waals surface area contributed by atoms with Crippen LogP contribution in [-0.2, 0) is 10.0 Å². The third-order valence-electron chi connectivity index (χ3n) is 3.30. The summed E-state index contributed by atoms with van der Waals surface area (Å²) in [5.74, 6) is 0. The van der Waals surface area contributed by atoms with Crippen LogP contribution in [0.4, 0.5) is 5.69 Å². The summed E-state index contributed by atoms with van der Waals surface area (Å²) in [5.41, 5.74) is 1.02. The van der Waals surface area contributed by atoms with Crippen molar-refractivity contribution in [2.24, 2.45) is 0 Å². The van der Waals surface area contributed by atoms with E-state index in [1.54, 1.807) is 6.92 Å². The molecule has 0 amide bonds. The molecule has 128 valence electrons. The minimum atomic E-state index is -3.92. The van der Waals surface area contributed by atoms with Crippen LogP contribution in [0.1, 0.15) is 12.0 Å². The van der Waals surface area contributed by atoms with Crippen LogP contribution in [0.5, 0.6) is 0 Å². The number of benzene rings is 1. The zero-order valence-corrected chi connectivity index (χ0v) is 14.7. The number of aryl methyl sites for hydroxylation is 1. The number of hydrogen-bond acceptors (Lipinski definition) is 5. The van der Waals surface area contributed by atoms with Crippen molar-refractivity contribution in [3.05, 3.63) is 44.5 Å². The number of hydrogen-bond donors (Lipinski definition) is 2. The van der Waals surface area contributed by atoms with Crippen LogP contribution < -0.4 is 10.0 Å². The fourth-order valence-corrected chi connectivity index (χ4v) is 3.84. The van der Waals surface area contributed by atoms with E-state index in [1.807, 2.05) is 6.08 Å². The Hall–Kier alpha value is -1.19. The highest BCUT2D eigenvalue weighted by Gasteiger charge is 2.25. The maximum absolute atomic E-state index is 12.4. The van der Waals surface area contributed by atoms with Gasteiger partial charge in [-0.15, -0.1) is 12.4 Å². The molecule has 0 atom stereocenters. The third-order valence-corrected chi connectivity index (χ3v) is 5.23. The highest BCUT2D eigenvalue weighted by molar-refractivity contribution is 7.89. The van der Waals surface area contributed by atoms with Gasteiger partial charge in [0.1, 0.15) is 9.92 Å². The average molecular weight is 382 g/mol. The predicted octanol–water partition coefficient (Wildman–Crippen LogP) is 2.18. The van der Waals surface area contributed by atoms with E-state index in [-0.39, 0.29) is 28.9 Å². The fraction of sp³-hybridized carbons (Fsp3) is 0.385. The highest BCUT2D eigenvalue weighted by atomic mass is 35.5. The molecule has 0 radical (unpaired) electrons. The zero-order chi connectivity index (χ0) is 16.3. The van der Waals surface area contributed by atoms with Gasteiger partial charge in [-0.2, -0.15) is 0 Å². The molecule has 0 aliphatic carbocycles. The normalized spacial score (nSPS) is 14.8. The summed E-state index contributed by atoms with van der Waals surface area (Å²) in [7, 11) is -3.92. The molecule has 0 saturated heterocycles. The second-order valence-electron chi connectivity index (χ2n) is 4.99. The van der Waals surface area contributed by atoms with Crippen LogP contribution in [0.25, 0.3) is 0 Å². The Morgan fingerprint density at radius 2 is 2.13 bits per heavy atom. The molecule has 0 saturated carbocycles. The molecule has 2 rings (SSSR count). The number of sulfonamides is 1. The van der Waals surface area contributed by atoms with Gasteiger partial charge in [0.2, 0.25) is 10.0 Å². The minimum Gasteiger partial charge on any atom is -0.313 e. The molecule has 2 N–H and O–H groups in total. The van der Waals surface area contributed by atoms with Crippen molar-refractivity contribution in [1.82, 2.24) is 10.0 Å². The van der Waals surface area contributed by atoms with Crippen LogP contribution in [0.3, 0.4) is 0 Å². The van der Waals surface area contributed by atoms with Crippen LogP contribution >= 0.6 is 24.0 Å². The molecule has 0 spiro atoms. The first kappa shape index (κ1) is 19.9. The lowest BCUT2D eigenvalue weighted by atomic mass is 10.1. The summed E-state index contributed by atoms with van der Waals surface area (Å²) < 4.78 is 27.2. The van der Waals surface area contributed by atoms with Gasteiger partial charge < -0.3 is 5.32 Å². The monoisotopic (exact) mass is 381 g/mol. The molecule has 7 nitrogen and oxygen atoms in total. The Bertz CT molecular complexity index is 735. The van der Waals surface area contributed by atoms with E-state index in [0.717, 1.165) is 18.5 Å². The number of nitro benzene ring substituents is 1. The molecular weight excluding hydrogens is 365 g/mol. The number of halogens is 2. The Morgan fingerprint density at radius 3 is 2.70 bits per heavy atom. The minimum absolute atomic E-state index is 0. The quantitative estimate of drug-likeness (QED) is 0.462. The van der Waals surface area contributed by atoms with Gasteiger partial charge in [-0.25, -0.2) is 13.1 Å². The smallest absolute Gasteiger partial charge is 0.289 e. The standard InChI is InChI=1S/C13H16ClN3O4S.ClH/c1-9-6-11(17(18)19)13(14)12(7-9)22(20,21)16-8-10-2-4-15-5-3-10;/h2,6-7,15-16H,3-5,8H2,1H3;1H. The van der Waals surface area contributed by atoms with Crippen LogP contribution in [0.15, 0.2) is 28.7 Å². The predicted molar refractivity (Wildman–Crippen MR) is 90.8 cm³/mol. The van der Waals surface area contributed by atoms with Crippen molar-refractivity contribution in [2.45, 2.75) is 18.2 Å². The first-order chi connectivity index (χ1) is 10.3. The summed E-state index contributed by atoms with van der Waals surface area (Å²) >= 11 is 5.90. The van der Waals surface area contributed by atoms with E-state index in [2.05, 4.69) is 10.0 Å². The Kier molecular flexibility index (Phi) is 6.97. The van der Waals surface area contributed by atoms with Crippen molar-refractivity contribution < 1.29 is 13.3 Å². The summed E-state index contributed by atoms with van der Waals surface area (Å²) in [6, 6.07) is 2.57. The fourth-order valence-electron chi connectivity index (χ4n) is 2.14. The summed E-state index contributed by atoms with van der Waals surface area (Å²) in [6.45, 7) is 3.25. The van der Waals surface area contributed by atoms with Crippen molar-refractivity contribution in [2.75, 3.05) is 19.6 Å². The van der Waals surface area contributed by atoms with Crippen LogP contribution in [0.2, 0.25) is 5.02 Å². The average Bonchev–Trinajstić information content (AvgIpc) is 2.48. The van der Waals surface area contributed by atoms with Gasteiger partial charge in [0.15, 0.2) is 0 Å². The molecule has 1 heterocycles. The summed E-state index contributed by atoms with van der Waals surface area (Å²) in [6.07, 6.45) is 2.68. The zero-order valence-electron chi connectivity index (χ0n) is 12.3. The van der Waals surface area contributed by atoms with Gasteiger partial charge in [0.25, 0.3) is 5.69 Å².